The molecule has 1 aromatic heterocycles. The first kappa shape index (κ1) is 22.0. The topological polar surface area (TPSA) is 48.5 Å². The Morgan fingerprint density at radius 2 is 1.88 bits per heavy atom. The lowest BCUT2D eigenvalue weighted by molar-refractivity contribution is -0.137. The van der Waals surface area contributed by atoms with Crippen molar-refractivity contribution in [3.8, 4) is 0 Å². The summed E-state index contributed by atoms with van der Waals surface area (Å²) in [5, 5.41) is 3.23. The number of benzene rings is 1. The van der Waals surface area contributed by atoms with Crippen LogP contribution in [-0.4, -0.2) is 42.6 Å². The number of carbonyl (C=O) groups is 1. The second-order valence-electron chi connectivity index (χ2n) is 9.39. The quantitative estimate of drug-likeness (QED) is 0.740. The Hall–Kier alpha value is -2.77. The second kappa shape index (κ2) is 8.88. The van der Waals surface area contributed by atoms with Crippen LogP contribution in [0.3, 0.4) is 0 Å². The van der Waals surface area contributed by atoms with Crippen LogP contribution in [0.15, 0.2) is 42.6 Å². The SMILES string of the molecule is O=C(NC1CCCCC1)C1Cc2cc(C(F)(F)F)ccc2N2CCN(c3ccccn3)CC12. The molecule has 2 aliphatic heterocycles. The van der Waals surface area contributed by atoms with E-state index in [9.17, 15) is 18.0 Å². The molecule has 176 valence electrons. The molecular formula is C25H29F3N4O. The maximum atomic E-state index is 13.5. The van der Waals surface area contributed by atoms with Gasteiger partial charge in [-0.25, -0.2) is 4.98 Å². The van der Waals surface area contributed by atoms with Gasteiger partial charge in [-0.1, -0.05) is 25.3 Å². The molecule has 0 spiro atoms. The number of anilines is 2. The highest BCUT2D eigenvalue weighted by atomic mass is 19.4. The Balaban J connectivity index is 1.45. The molecule has 0 bridgehead atoms. The minimum absolute atomic E-state index is 0.0390. The number of piperazine rings is 1. The van der Waals surface area contributed by atoms with Crippen LogP contribution in [0.1, 0.15) is 43.2 Å². The zero-order valence-corrected chi connectivity index (χ0v) is 18.5. The van der Waals surface area contributed by atoms with Crippen molar-refractivity contribution < 1.29 is 18.0 Å². The predicted molar refractivity (Wildman–Crippen MR) is 121 cm³/mol. The van der Waals surface area contributed by atoms with Crippen LogP contribution in [-0.2, 0) is 17.4 Å². The summed E-state index contributed by atoms with van der Waals surface area (Å²) < 4.78 is 40.2. The van der Waals surface area contributed by atoms with Gasteiger partial charge in [0.1, 0.15) is 5.82 Å². The van der Waals surface area contributed by atoms with Gasteiger partial charge >= 0.3 is 6.18 Å². The van der Waals surface area contributed by atoms with Crippen LogP contribution in [0, 0.1) is 5.92 Å². The lowest BCUT2D eigenvalue weighted by Crippen LogP contribution is -2.62. The number of fused-ring (bicyclic) bond motifs is 3. The average Bonchev–Trinajstić information content (AvgIpc) is 2.83. The van der Waals surface area contributed by atoms with Crippen molar-refractivity contribution in [3.63, 3.8) is 0 Å². The molecule has 3 heterocycles. The van der Waals surface area contributed by atoms with Crippen LogP contribution in [0.4, 0.5) is 24.7 Å². The Labute approximate surface area is 192 Å². The first-order valence-electron chi connectivity index (χ1n) is 11.8. The van der Waals surface area contributed by atoms with Gasteiger partial charge in [0.05, 0.1) is 17.5 Å². The van der Waals surface area contributed by atoms with Crippen molar-refractivity contribution in [1.82, 2.24) is 10.3 Å². The van der Waals surface area contributed by atoms with Gasteiger partial charge in [0.25, 0.3) is 0 Å². The molecule has 1 aromatic carbocycles. The largest absolute Gasteiger partial charge is 0.416 e. The molecule has 1 aliphatic carbocycles. The summed E-state index contributed by atoms with van der Waals surface area (Å²) in [6.45, 7) is 1.94. The maximum Gasteiger partial charge on any atom is 0.416 e. The van der Waals surface area contributed by atoms with Gasteiger partial charge in [0.2, 0.25) is 5.91 Å². The van der Waals surface area contributed by atoms with Crippen molar-refractivity contribution in [1.29, 1.82) is 0 Å². The van der Waals surface area contributed by atoms with Crippen molar-refractivity contribution >= 4 is 17.4 Å². The number of hydrogen-bond donors (Lipinski definition) is 1. The molecule has 1 N–H and O–H groups in total. The summed E-state index contributed by atoms with van der Waals surface area (Å²) in [5.41, 5.74) is 0.768. The molecule has 1 amide bonds. The summed E-state index contributed by atoms with van der Waals surface area (Å²) >= 11 is 0. The Bertz CT molecular complexity index is 991. The summed E-state index contributed by atoms with van der Waals surface area (Å²) in [7, 11) is 0. The van der Waals surface area contributed by atoms with Crippen LogP contribution in [0.5, 0.6) is 0 Å². The number of nitrogens with one attached hydrogen (secondary N) is 1. The van der Waals surface area contributed by atoms with E-state index in [1.54, 1.807) is 12.3 Å². The lowest BCUT2D eigenvalue weighted by atomic mass is 9.82. The number of carbonyl (C=O) groups excluding carboxylic acids is 1. The molecule has 1 saturated carbocycles. The molecule has 1 saturated heterocycles. The highest BCUT2D eigenvalue weighted by molar-refractivity contribution is 5.82. The number of rotatable bonds is 3. The van der Waals surface area contributed by atoms with E-state index in [0.717, 1.165) is 43.3 Å². The highest BCUT2D eigenvalue weighted by Crippen LogP contribution is 2.40. The van der Waals surface area contributed by atoms with Crippen LogP contribution < -0.4 is 15.1 Å². The summed E-state index contributed by atoms with van der Waals surface area (Å²) in [5.74, 6) is 0.416. The molecule has 2 unspecified atom stereocenters. The Morgan fingerprint density at radius 3 is 2.61 bits per heavy atom. The molecule has 2 aromatic rings. The monoisotopic (exact) mass is 458 g/mol. The highest BCUT2D eigenvalue weighted by Gasteiger charge is 2.43. The third-order valence-corrected chi connectivity index (χ3v) is 7.30. The second-order valence-corrected chi connectivity index (χ2v) is 9.39. The van der Waals surface area contributed by atoms with Crippen LogP contribution >= 0.6 is 0 Å². The van der Waals surface area contributed by atoms with Gasteiger partial charge in [-0.2, -0.15) is 13.2 Å². The van der Waals surface area contributed by atoms with E-state index in [1.807, 2.05) is 18.2 Å². The number of hydrogen-bond acceptors (Lipinski definition) is 4. The van der Waals surface area contributed by atoms with Gasteiger partial charge in [-0.05, 0) is 55.2 Å². The van der Waals surface area contributed by atoms with Gasteiger partial charge < -0.3 is 15.1 Å². The molecule has 2 atom stereocenters. The summed E-state index contributed by atoms with van der Waals surface area (Å²) in [6, 6.07) is 9.79. The van der Waals surface area contributed by atoms with Gasteiger partial charge in [-0.15, -0.1) is 0 Å². The summed E-state index contributed by atoms with van der Waals surface area (Å²) in [4.78, 5) is 22.3. The fourth-order valence-corrected chi connectivity index (χ4v) is 5.60. The molecule has 5 rings (SSSR count). The molecule has 33 heavy (non-hydrogen) atoms. The van der Waals surface area contributed by atoms with E-state index >= 15 is 0 Å². The molecular weight excluding hydrogens is 429 g/mol. The third kappa shape index (κ3) is 4.52. The van der Waals surface area contributed by atoms with Crippen molar-refractivity contribution in [2.24, 2.45) is 5.92 Å². The molecule has 5 nitrogen and oxygen atoms in total. The minimum atomic E-state index is -4.40. The average molecular weight is 459 g/mol. The number of pyridine rings is 1. The maximum absolute atomic E-state index is 13.5. The third-order valence-electron chi connectivity index (χ3n) is 7.30. The minimum Gasteiger partial charge on any atom is -0.364 e. The first-order chi connectivity index (χ1) is 15.9. The summed E-state index contributed by atoms with van der Waals surface area (Å²) in [6.07, 6.45) is 3.03. The zero-order chi connectivity index (χ0) is 23.0. The van der Waals surface area contributed by atoms with E-state index < -0.39 is 17.7 Å². The lowest BCUT2D eigenvalue weighted by Gasteiger charge is -2.49. The number of amides is 1. The fourth-order valence-electron chi connectivity index (χ4n) is 5.60. The van der Waals surface area contributed by atoms with Gasteiger partial charge in [0, 0.05) is 37.6 Å². The molecule has 3 aliphatic rings. The molecule has 0 radical (unpaired) electrons. The van der Waals surface area contributed by atoms with E-state index in [-0.39, 0.29) is 18.0 Å². The Kier molecular flexibility index (Phi) is 5.93. The number of alkyl halides is 3. The first-order valence-corrected chi connectivity index (χ1v) is 11.8. The van der Waals surface area contributed by atoms with E-state index in [1.165, 1.54) is 12.5 Å². The molecule has 2 fully saturated rings. The fraction of sp³-hybridized carbons (Fsp3) is 0.520. The predicted octanol–water partition coefficient (Wildman–Crippen LogP) is 4.42. The van der Waals surface area contributed by atoms with Gasteiger partial charge in [-0.3, -0.25) is 4.79 Å². The molecule has 8 heteroatoms. The Morgan fingerprint density at radius 1 is 1.06 bits per heavy atom. The standard InChI is InChI=1S/C25H29F3N4O/c26-25(27,28)18-9-10-21-17(14-18)15-20(24(33)30-19-6-2-1-3-7-19)22-16-31(12-13-32(21)22)23-8-4-5-11-29-23/h4-5,8-11,14,19-20,22H,1-3,6-7,12-13,15-16H2,(H,30,33). The van der Waals surface area contributed by atoms with Crippen molar-refractivity contribution in [2.75, 3.05) is 29.4 Å². The van der Waals surface area contributed by atoms with E-state index in [2.05, 4.69) is 20.1 Å². The van der Waals surface area contributed by atoms with Crippen molar-refractivity contribution in [3.05, 3.63) is 53.7 Å². The number of nitrogens with zero attached hydrogens (tertiary/aromatic N) is 3. The zero-order valence-electron chi connectivity index (χ0n) is 18.5. The van der Waals surface area contributed by atoms with Crippen LogP contribution in [0.2, 0.25) is 0 Å². The normalized spacial score (nSPS) is 23.6. The van der Waals surface area contributed by atoms with E-state index in [0.29, 0.717) is 31.6 Å². The van der Waals surface area contributed by atoms with Crippen LogP contribution in [0.25, 0.3) is 0 Å². The number of halogens is 3. The van der Waals surface area contributed by atoms with Crippen molar-refractivity contribution in [2.45, 2.75) is 56.8 Å². The number of aromatic nitrogens is 1. The van der Waals surface area contributed by atoms with Gasteiger partial charge in [0.15, 0.2) is 0 Å². The smallest absolute Gasteiger partial charge is 0.364 e. The van der Waals surface area contributed by atoms with E-state index in [4.69, 9.17) is 0 Å².